The van der Waals surface area contributed by atoms with E-state index >= 15 is 0 Å². The predicted molar refractivity (Wildman–Crippen MR) is 58.0 cm³/mol. The van der Waals surface area contributed by atoms with Crippen LogP contribution in [-0.2, 0) is 14.4 Å². The summed E-state index contributed by atoms with van der Waals surface area (Å²) >= 11 is 0. The first-order valence-corrected chi connectivity index (χ1v) is 5.86. The molecule has 0 radical (unpaired) electrons. The molecule has 2 saturated heterocycles. The van der Waals surface area contributed by atoms with Crippen molar-refractivity contribution in [1.82, 2.24) is 10.2 Å². The number of imide groups is 1. The molecule has 2 heterocycles. The summed E-state index contributed by atoms with van der Waals surface area (Å²) in [6.45, 7) is 2.74. The number of hydrogen-bond donors (Lipinski definition) is 2. The second kappa shape index (κ2) is 4.44. The van der Waals surface area contributed by atoms with Gasteiger partial charge in [0.15, 0.2) is 0 Å². The summed E-state index contributed by atoms with van der Waals surface area (Å²) in [5.74, 6) is -1.96. The van der Waals surface area contributed by atoms with Gasteiger partial charge in [-0.2, -0.15) is 0 Å². The number of aliphatic carboxylic acids is 1. The average molecular weight is 240 g/mol. The normalized spacial score (nSPS) is 30.9. The second-order valence-electron chi connectivity index (χ2n) is 4.61. The lowest BCUT2D eigenvalue weighted by Gasteiger charge is -2.35. The maximum atomic E-state index is 11.5. The van der Waals surface area contributed by atoms with Crippen LogP contribution in [0.5, 0.6) is 0 Å². The number of likely N-dealkylation sites (tertiary alicyclic amines) is 1. The van der Waals surface area contributed by atoms with Crippen LogP contribution in [-0.4, -0.2) is 46.9 Å². The van der Waals surface area contributed by atoms with Crippen molar-refractivity contribution in [1.29, 1.82) is 0 Å². The van der Waals surface area contributed by atoms with Crippen molar-refractivity contribution in [2.45, 2.75) is 25.8 Å². The number of carbonyl (C=O) groups excluding carboxylic acids is 2. The van der Waals surface area contributed by atoms with Crippen molar-refractivity contribution in [2.75, 3.05) is 13.1 Å². The fourth-order valence-corrected chi connectivity index (χ4v) is 2.74. The van der Waals surface area contributed by atoms with E-state index in [1.807, 2.05) is 6.92 Å². The van der Waals surface area contributed by atoms with Crippen molar-refractivity contribution in [3.05, 3.63) is 0 Å². The van der Waals surface area contributed by atoms with E-state index < -0.39 is 12.0 Å². The number of carboxylic acid groups (broad SMARTS) is 1. The highest BCUT2D eigenvalue weighted by atomic mass is 16.4. The topological polar surface area (TPSA) is 86.7 Å². The standard InChI is InChI=1S/C11H16N2O4/c1-2-8(11(16)17)13-4-3-6-7(5-13)10(15)12-9(6)14/h6-8H,2-5H2,1H3,(H,16,17)(H,12,14,15)/t6-,7-,8-/m1/s1. The van der Waals surface area contributed by atoms with Crippen LogP contribution in [0.15, 0.2) is 0 Å². The Balaban J connectivity index is 2.09. The van der Waals surface area contributed by atoms with Gasteiger partial charge in [-0.05, 0) is 19.4 Å². The van der Waals surface area contributed by atoms with Crippen molar-refractivity contribution < 1.29 is 19.5 Å². The Bertz CT molecular complexity index is 368. The number of fused-ring (bicyclic) bond motifs is 1. The molecule has 0 aromatic rings. The fourth-order valence-electron chi connectivity index (χ4n) is 2.74. The van der Waals surface area contributed by atoms with E-state index in [-0.39, 0.29) is 23.7 Å². The number of carbonyl (C=O) groups is 3. The lowest BCUT2D eigenvalue weighted by Crippen LogP contribution is -2.49. The molecule has 0 saturated carbocycles. The molecule has 2 rings (SSSR count). The van der Waals surface area contributed by atoms with Gasteiger partial charge in [0.2, 0.25) is 11.8 Å². The van der Waals surface area contributed by atoms with E-state index in [2.05, 4.69) is 5.32 Å². The Labute approximate surface area is 99.0 Å². The zero-order valence-corrected chi connectivity index (χ0v) is 9.68. The minimum atomic E-state index is -0.865. The molecule has 6 heteroatoms. The summed E-state index contributed by atoms with van der Waals surface area (Å²) in [6, 6.07) is -0.556. The first kappa shape index (κ1) is 12.0. The third kappa shape index (κ3) is 2.04. The molecular formula is C11H16N2O4. The van der Waals surface area contributed by atoms with Gasteiger partial charge in [0.05, 0.1) is 11.8 Å². The van der Waals surface area contributed by atoms with Gasteiger partial charge in [-0.1, -0.05) is 6.92 Å². The Hall–Kier alpha value is -1.43. The van der Waals surface area contributed by atoms with E-state index in [0.717, 1.165) is 0 Å². The molecular weight excluding hydrogens is 224 g/mol. The van der Waals surface area contributed by atoms with E-state index in [9.17, 15) is 14.4 Å². The quantitative estimate of drug-likeness (QED) is 0.646. The zero-order chi connectivity index (χ0) is 12.6. The Morgan fingerprint density at radius 3 is 2.71 bits per heavy atom. The van der Waals surface area contributed by atoms with Gasteiger partial charge in [0, 0.05) is 6.54 Å². The van der Waals surface area contributed by atoms with Crippen LogP contribution in [0.1, 0.15) is 19.8 Å². The fraction of sp³-hybridized carbons (Fsp3) is 0.727. The van der Waals surface area contributed by atoms with Crippen LogP contribution >= 0.6 is 0 Å². The summed E-state index contributed by atoms with van der Waals surface area (Å²) in [5, 5.41) is 11.4. The van der Waals surface area contributed by atoms with E-state index in [1.165, 1.54) is 0 Å². The number of amides is 2. The Morgan fingerprint density at radius 2 is 2.12 bits per heavy atom. The van der Waals surface area contributed by atoms with Crippen molar-refractivity contribution in [3.8, 4) is 0 Å². The summed E-state index contributed by atoms with van der Waals surface area (Å²) in [5.41, 5.74) is 0. The predicted octanol–water partition coefficient (Wildman–Crippen LogP) is -0.556. The molecule has 2 amide bonds. The van der Waals surface area contributed by atoms with Gasteiger partial charge in [0.1, 0.15) is 6.04 Å². The maximum Gasteiger partial charge on any atom is 0.320 e. The molecule has 0 unspecified atom stereocenters. The number of piperidine rings is 1. The number of nitrogens with one attached hydrogen (secondary N) is 1. The van der Waals surface area contributed by atoms with Gasteiger partial charge in [0.25, 0.3) is 0 Å². The summed E-state index contributed by atoms with van der Waals surface area (Å²) in [6.07, 6.45) is 1.06. The van der Waals surface area contributed by atoms with Gasteiger partial charge >= 0.3 is 5.97 Å². The van der Waals surface area contributed by atoms with Crippen LogP contribution < -0.4 is 5.32 Å². The zero-order valence-electron chi connectivity index (χ0n) is 9.68. The Morgan fingerprint density at radius 1 is 1.47 bits per heavy atom. The van der Waals surface area contributed by atoms with E-state index in [1.54, 1.807) is 4.90 Å². The second-order valence-corrected chi connectivity index (χ2v) is 4.61. The van der Waals surface area contributed by atoms with Gasteiger partial charge in [-0.25, -0.2) is 0 Å². The molecule has 17 heavy (non-hydrogen) atoms. The van der Waals surface area contributed by atoms with Crippen molar-refractivity contribution in [3.63, 3.8) is 0 Å². The highest BCUT2D eigenvalue weighted by molar-refractivity contribution is 6.05. The Kier molecular flexibility index (Phi) is 3.15. The van der Waals surface area contributed by atoms with Crippen LogP contribution in [0.25, 0.3) is 0 Å². The smallest absolute Gasteiger partial charge is 0.320 e. The highest BCUT2D eigenvalue weighted by Crippen LogP contribution is 2.29. The van der Waals surface area contributed by atoms with Crippen LogP contribution in [0.4, 0.5) is 0 Å². The first-order chi connectivity index (χ1) is 8.04. The van der Waals surface area contributed by atoms with Crippen LogP contribution in [0, 0.1) is 11.8 Å². The lowest BCUT2D eigenvalue weighted by atomic mass is 9.87. The molecule has 2 aliphatic rings. The monoisotopic (exact) mass is 240 g/mol. The summed E-state index contributed by atoms with van der Waals surface area (Å²) in [7, 11) is 0. The SMILES string of the molecule is CC[C@H](C(=O)O)N1CC[C@H]2C(=O)NC(=O)[C@@H]2C1. The molecule has 6 nitrogen and oxygen atoms in total. The van der Waals surface area contributed by atoms with Gasteiger partial charge in [-0.3, -0.25) is 24.6 Å². The molecule has 0 spiro atoms. The molecule has 2 aliphatic heterocycles. The largest absolute Gasteiger partial charge is 0.480 e. The third-order valence-corrected chi connectivity index (χ3v) is 3.68. The molecule has 0 bridgehead atoms. The van der Waals surface area contributed by atoms with Gasteiger partial charge < -0.3 is 5.11 Å². The molecule has 0 aromatic carbocycles. The third-order valence-electron chi connectivity index (χ3n) is 3.68. The first-order valence-electron chi connectivity index (χ1n) is 5.86. The van der Waals surface area contributed by atoms with E-state index in [0.29, 0.717) is 25.9 Å². The van der Waals surface area contributed by atoms with Crippen LogP contribution in [0.2, 0.25) is 0 Å². The summed E-state index contributed by atoms with van der Waals surface area (Å²) < 4.78 is 0. The van der Waals surface area contributed by atoms with E-state index in [4.69, 9.17) is 5.11 Å². The minimum Gasteiger partial charge on any atom is -0.480 e. The van der Waals surface area contributed by atoms with Crippen LogP contribution in [0.3, 0.4) is 0 Å². The lowest BCUT2D eigenvalue weighted by molar-refractivity contribution is -0.145. The summed E-state index contributed by atoms with van der Waals surface area (Å²) in [4.78, 5) is 35.8. The molecule has 94 valence electrons. The number of nitrogens with zero attached hydrogens (tertiary/aromatic N) is 1. The van der Waals surface area contributed by atoms with Crippen molar-refractivity contribution in [2.24, 2.45) is 11.8 Å². The molecule has 0 aliphatic carbocycles. The number of carboxylic acids is 1. The number of hydrogen-bond acceptors (Lipinski definition) is 4. The maximum absolute atomic E-state index is 11.5. The minimum absolute atomic E-state index is 0.206. The van der Waals surface area contributed by atoms with Gasteiger partial charge in [-0.15, -0.1) is 0 Å². The molecule has 0 aromatic heterocycles. The highest BCUT2D eigenvalue weighted by Gasteiger charge is 2.46. The molecule has 2 fully saturated rings. The number of rotatable bonds is 3. The molecule has 3 atom stereocenters. The van der Waals surface area contributed by atoms with Crippen molar-refractivity contribution >= 4 is 17.8 Å². The molecule has 2 N–H and O–H groups in total. The average Bonchev–Trinajstić information content (AvgIpc) is 2.55.